The van der Waals surface area contributed by atoms with Crippen LogP contribution in [0.1, 0.15) is 22.9 Å². The number of hydrogen-bond acceptors (Lipinski definition) is 4. The maximum atomic E-state index is 5.58. The number of nitrogens with one attached hydrogen (secondary N) is 1. The summed E-state index contributed by atoms with van der Waals surface area (Å²) in [5, 5.41) is 11.1. The summed E-state index contributed by atoms with van der Waals surface area (Å²) in [6.45, 7) is 2.94. The summed E-state index contributed by atoms with van der Waals surface area (Å²) in [4.78, 5) is 0. The van der Waals surface area contributed by atoms with Gasteiger partial charge in [-0.05, 0) is 25.1 Å². The molecule has 1 aromatic heterocycles. The van der Waals surface area contributed by atoms with Crippen molar-refractivity contribution in [3.8, 4) is 0 Å². The second kappa shape index (κ2) is 5.59. The van der Waals surface area contributed by atoms with Crippen LogP contribution < -0.4 is 5.32 Å². The third kappa shape index (κ3) is 3.14. The molecule has 1 heterocycles. The van der Waals surface area contributed by atoms with Crippen molar-refractivity contribution in [2.45, 2.75) is 19.8 Å². The summed E-state index contributed by atoms with van der Waals surface area (Å²) in [6.07, 6.45) is 1.48. The van der Waals surface area contributed by atoms with Crippen molar-refractivity contribution in [1.82, 2.24) is 15.5 Å². The van der Waals surface area contributed by atoms with Crippen LogP contribution in [0.3, 0.4) is 0 Å². The minimum Gasteiger partial charge on any atom is -0.425 e. The van der Waals surface area contributed by atoms with E-state index in [-0.39, 0.29) is 0 Å². The summed E-state index contributed by atoms with van der Waals surface area (Å²) in [5.74, 6) is 1.38. The lowest BCUT2D eigenvalue weighted by Gasteiger charge is -2.01. The zero-order chi connectivity index (χ0) is 12.1. The minimum atomic E-state index is 0.686. The standard InChI is InChI=1S/C13H17N3O/c1-10-5-3-4-6-11(10)9-13-16-15-12(17-13)7-8-14-2/h3-6,14H,7-9H2,1-2H3. The van der Waals surface area contributed by atoms with Gasteiger partial charge in [0.05, 0.1) is 6.42 Å². The lowest BCUT2D eigenvalue weighted by atomic mass is 10.1. The maximum Gasteiger partial charge on any atom is 0.220 e. The van der Waals surface area contributed by atoms with Gasteiger partial charge >= 0.3 is 0 Å². The zero-order valence-corrected chi connectivity index (χ0v) is 10.2. The molecule has 0 aliphatic heterocycles. The van der Waals surface area contributed by atoms with Gasteiger partial charge in [-0.3, -0.25) is 0 Å². The van der Waals surface area contributed by atoms with Gasteiger partial charge in [0.2, 0.25) is 11.8 Å². The Morgan fingerprint density at radius 1 is 1.18 bits per heavy atom. The first kappa shape index (κ1) is 11.8. The van der Waals surface area contributed by atoms with Gasteiger partial charge in [-0.15, -0.1) is 10.2 Å². The van der Waals surface area contributed by atoms with Crippen LogP contribution >= 0.6 is 0 Å². The fourth-order valence-electron chi connectivity index (χ4n) is 1.66. The van der Waals surface area contributed by atoms with Gasteiger partial charge in [-0.2, -0.15) is 0 Å². The number of aryl methyl sites for hydroxylation is 1. The lowest BCUT2D eigenvalue weighted by Crippen LogP contribution is -2.10. The van der Waals surface area contributed by atoms with Crippen LogP contribution in [-0.2, 0) is 12.8 Å². The van der Waals surface area contributed by atoms with E-state index in [1.54, 1.807) is 0 Å². The van der Waals surface area contributed by atoms with Crippen LogP contribution in [-0.4, -0.2) is 23.8 Å². The van der Waals surface area contributed by atoms with Gasteiger partial charge in [0.1, 0.15) is 0 Å². The number of nitrogens with zero attached hydrogens (tertiary/aromatic N) is 2. The predicted octanol–water partition coefficient (Wildman–Crippen LogP) is 1.73. The molecule has 0 fully saturated rings. The van der Waals surface area contributed by atoms with Gasteiger partial charge in [-0.1, -0.05) is 24.3 Å². The van der Waals surface area contributed by atoms with Crippen LogP contribution in [0, 0.1) is 6.92 Å². The average molecular weight is 231 g/mol. The quantitative estimate of drug-likeness (QED) is 0.851. The van der Waals surface area contributed by atoms with Gasteiger partial charge in [0.15, 0.2) is 0 Å². The van der Waals surface area contributed by atoms with Crippen LogP contribution in [0.2, 0.25) is 0 Å². The summed E-state index contributed by atoms with van der Waals surface area (Å²) in [5.41, 5.74) is 2.48. The van der Waals surface area contributed by atoms with E-state index in [0.717, 1.165) is 13.0 Å². The molecule has 0 radical (unpaired) electrons. The van der Waals surface area contributed by atoms with Gasteiger partial charge < -0.3 is 9.73 Å². The Hall–Kier alpha value is -1.68. The summed E-state index contributed by atoms with van der Waals surface area (Å²) in [7, 11) is 1.91. The molecule has 0 aliphatic rings. The zero-order valence-electron chi connectivity index (χ0n) is 10.2. The highest BCUT2D eigenvalue weighted by Crippen LogP contribution is 2.12. The highest BCUT2D eigenvalue weighted by molar-refractivity contribution is 5.27. The van der Waals surface area contributed by atoms with Crippen molar-refractivity contribution in [2.75, 3.05) is 13.6 Å². The van der Waals surface area contributed by atoms with Crippen LogP contribution in [0.15, 0.2) is 28.7 Å². The van der Waals surface area contributed by atoms with Crippen molar-refractivity contribution >= 4 is 0 Å². The third-order valence-electron chi connectivity index (χ3n) is 2.70. The molecule has 0 unspecified atom stereocenters. The Morgan fingerprint density at radius 3 is 2.71 bits per heavy atom. The monoisotopic (exact) mass is 231 g/mol. The number of aromatic nitrogens is 2. The van der Waals surface area contributed by atoms with Gasteiger partial charge in [-0.25, -0.2) is 0 Å². The van der Waals surface area contributed by atoms with Crippen molar-refractivity contribution < 1.29 is 4.42 Å². The molecule has 0 atom stereocenters. The fourth-order valence-corrected chi connectivity index (χ4v) is 1.66. The van der Waals surface area contributed by atoms with Crippen molar-refractivity contribution in [2.24, 2.45) is 0 Å². The Kier molecular flexibility index (Phi) is 3.88. The third-order valence-corrected chi connectivity index (χ3v) is 2.70. The average Bonchev–Trinajstić information content (AvgIpc) is 2.77. The van der Waals surface area contributed by atoms with E-state index in [4.69, 9.17) is 4.42 Å². The summed E-state index contributed by atoms with van der Waals surface area (Å²) < 4.78 is 5.58. The second-order valence-corrected chi connectivity index (χ2v) is 4.05. The molecule has 1 N–H and O–H groups in total. The Labute approximate surface area is 101 Å². The van der Waals surface area contributed by atoms with Gasteiger partial charge in [0, 0.05) is 13.0 Å². The van der Waals surface area contributed by atoms with Crippen LogP contribution in [0.4, 0.5) is 0 Å². The van der Waals surface area contributed by atoms with E-state index in [9.17, 15) is 0 Å². The van der Waals surface area contributed by atoms with Gasteiger partial charge in [0.25, 0.3) is 0 Å². The Morgan fingerprint density at radius 2 is 1.94 bits per heavy atom. The normalized spacial score (nSPS) is 10.7. The molecule has 0 bridgehead atoms. The Balaban J connectivity index is 2.04. The number of benzene rings is 1. The minimum absolute atomic E-state index is 0.686. The highest BCUT2D eigenvalue weighted by atomic mass is 16.4. The van der Waals surface area contributed by atoms with Crippen molar-refractivity contribution in [1.29, 1.82) is 0 Å². The molecule has 0 saturated heterocycles. The highest BCUT2D eigenvalue weighted by Gasteiger charge is 2.07. The SMILES string of the molecule is CNCCc1nnc(Cc2ccccc2C)o1. The fraction of sp³-hybridized carbons (Fsp3) is 0.385. The van der Waals surface area contributed by atoms with Crippen molar-refractivity contribution in [3.05, 3.63) is 47.2 Å². The number of rotatable bonds is 5. The topological polar surface area (TPSA) is 51.0 Å². The molecule has 1 aromatic carbocycles. The molecule has 0 aliphatic carbocycles. The molecule has 90 valence electrons. The molecule has 2 aromatic rings. The van der Waals surface area contributed by atoms with E-state index < -0.39 is 0 Å². The van der Waals surface area contributed by atoms with E-state index in [2.05, 4.69) is 34.6 Å². The maximum absolute atomic E-state index is 5.58. The van der Waals surface area contributed by atoms with E-state index in [1.165, 1.54) is 11.1 Å². The molecule has 2 rings (SSSR count). The molecule has 4 nitrogen and oxygen atoms in total. The molecule has 0 amide bonds. The van der Waals surface area contributed by atoms with Crippen LogP contribution in [0.5, 0.6) is 0 Å². The molecule has 17 heavy (non-hydrogen) atoms. The largest absolute Gasteiger partial charge is 0.425 e. The molecule has 4 heteroatoms. The summed E-state index contributed by atoms with van der Waals surface area (Å²) in [6, 6.07) is 8.24. The lowest BCUT2D eigenvalue weighted by molar-refractivity contribution is 0.454. The first-order valence-electron chi connectivity index (χ1n) is 5.80. The predicted molar refractivity (Wildman–Crippen MR) is 65.9 cm³/mol. The number of hydrogen-bond donors (Lipinski definition) is 1. The second-order valence-electron chi connectivity index (χ2n) is 4.05. The smallest absolute Gasteiger partial charge is 0.220 e. The van der Waals surface area contributed by atoms with E-state index >= 15 is 0 Å². The van der Waals surface area contributed by atoms with Crippen LogP contribution in [0.25, 0.3) is 0 Å². The molecular weight excluding hydrogens is 214 g/mol. The van der Waals surface area contributed by atoms with E-state index in [0.29, 0.717) is 18.2 Å². The number of likely N-dealkylation sites (N-methyl/N-ethyl adjacent to an activating group) is 1. The van der Waals surface area contributed by atoms with E-state index in [1.807, 2.05) is 19.2 Å². The first-order valence-corrected chi connectivity index (χ1v) is 5.80. The molecule has 0 spiro atoms. The van der Waals surface area contributed by atoms with Crippen molar-refractivity contribution in [3.63, 3.8) is 0 Å². The summed E-state index contributed by atoms with van der Waals surface area (Å²) >= 11 is 0. The molecule has 0 saturated carbocycles. The first-order chi connectivity index (χ1) is 8.29. The molecular formula is C13H17N3O. The Bertz CT molecular complexity index is 479.